The molecule has 3 rings (SSSR count). The number of methoxy groups -OCH3 is 1. The van der Waals surface area contributed by atoms with Crippen molar-refractivity contribution >= 4 is 22.7 Å². The summed E-state index contributed by atoms with van der Waals surface area (Å²) in [7, 11) is 1.53. The van der Waals surface area contributed by atoms with Crippen LogP contribution >= 0.6 is 0 Å². The summed E-state index contributed by atoms with van der Waals surface area (Å²) in [5, 5.41) is 0.741. The molecule has 0 radical (unpaired) electrons. The van der Waals surface area contributed by atoms with E-state index in [0.717, 1.165) is 10.9 Å². The molecule has 0 bridgehead atoms. The average molecular weight is 424 g/mol. The van der Waals surface area contributed by atoms with Crippen molar-refractivity contribution in [1.82, 2.24) is 0 Å². The Bertz CT molecular complexity index is 1160. The Kier molecular flexibility index (Phi) is 7.07. The van der Waals surface area contributed by atoms with Gasteiger partial charge in [0, 0.05) is 29.0 Å². The summed E-state index contributed by atoms with van der Waals surface area (Å²) in [5.74, 6) is 0.440. The Morgan fingerprint density at radius 3 is 2.61 bits per heavy atom. The van der Waals surface area contributed by atoms with Gasteiger partial charge >= 0.3 is 11.6 Å². The average Bonchev–Trinajstić information content (AvgIpc) is 2.77. The van der Waals surface area contributed by atoms with Gasteiger partial charge in [0.25, 0.3) is 0 Å². The lowest BCUT2D eigenvalue weighted by Gasteiger charge is -2.10. The first-order valence-electron chi connectivity index (χ1n) is 9.95. The summed E-state index contributed by atoms with van der Waals surface area (Å²) in [6.07, 6.45) is 0.356. The van der Waals surface area contributed by atoms with Crippen LogP contribution in [0.1, 0.15) is 34.8 Å². The number of carbonyl (C=O) groups is 2. The molecule has 7 nitrogen and oxygen atoms in total. The van der Waals surface area contributed by atoms with Crippen molar-refractivity contribution < 1.29 is 28.2 Å². The van der Waals surface area contributed by atoms with Crippen molar-refractivity contribution in [3.63, 3.8) is 0 Å². The maximum atomic E-state index is 12.4. The minimum Gasteiger partial charge on any atom is -0.497 e. The molecule has 31 heavy (non-hydrogen) atoms. The molecular weight excluding hydrogens is 400 g/mol. The predicted molar refractivity (Wildman–Crippen MR) is 115 cm³/mol. The molecule has 0 unspecified atom stereocenters. The summed E-state index contributed by atoms with van der Waals surface area (Å²) in [5.41, 5.74) is 1.53. The molecule has 0 fully saturated rings. The van der Waals surface area contributed by atoms with Crippen LogP contribution < -0.4 is 15.1 Å². The maximum Gasteiger partial charge on any atom is 0.339 e. The zero-order valence-corrected chi connectivity index (χ0v) is 17.7. The highest BCUT2D eigenvalue weighted by molar-refractivity contribution is 5.97. The van der Waals surface area contributed by atoms with Crippen molar-refractivity contribution in [3.8, 4) is 11.5 Å². The third kappa shape index (κ3) is 5.31. The molecule has 0 saturated carbocycles. The van der Waals surface area contributed by atoms with Gasteiger partial charge in [0.15, 0.2) is 12.4 Å². The van der Waals surface area contributed by atoms with Gasteiger partial charge in [-0.2, -0.15) is 0 Å². The van der Waals surface area contributed by atoms with E-state index in [0.29, 0.717) is 34.8 Å². The normalized spacial score (nSPS) is 10.7. The van der Waals surface area contributed by atoms with E-state index >= 15 is 0 Å². The highest BCUT2D eigenvalue weighted by Gasteiger charge is 2.15. The molecule has 0 saturated heterocycles. The number of aryl methyl sites for hydroxylation is 1. The van der Waals surface area contributed by atoms with Gasteiger partial charge in [-0.15, -0.1) is 0 Å². The van der Waals surface area contributed by atoms with Crippen LogP contribution in [0.3, 0.4) is 0 Å². The topological polar surface area (TPSA) is 92.0 Å². The Balaban J connectivity index is 1.75. The molecule has 0 N–H and O–H groups in total. The van der Waals surface area contributed by atoms with Gasteiger partial charge in [0.2, 0.25) is 0 Å². The van der Waals surface area contributed by atoms with Gasteiger partial charge in [-0.05, 0) is 50.1 Å². The summed E-state index contributed by atoms with van der Waals surface area (Å²) in [6, 6.07) is 11.9. The Morgan fingerprint density at radius 2 is 1.87 bits per heavy atom. The van der Waals surface area contributed by atoms with Crippen molar-refractivity contribution in [2.24, 2.45) is 0 Å². The van der Waals surface area contributed by atoms with Crippen LogP contribution in [0, 0.1) is 6.92 Å². The number of benzene rings is 2. The van der Waals surface area contributed by atoms with Gasteiger partial charge in [0.1, 0.15) is 17.1 Å². The van der Waals surface area contributed by atoms with E-state index in [1.165, 1.54) is 7.11 Å². The molecule has 162 valence electrons. The summed E-state index contributed by atoms with van der Waals surface area (Å²) < 4.78 is 21.1. The molecule has 0 aliphatic rings. The van der Waals surface area contributed by atoms with Crippen LogP contribution in [0.15, 0.2) is 51.7 Å². The SMILES string of the molecule is CCOC(=O)CCc1c(C)c2ccc(OCC(=O)c3cccc(OC)c3)cc2oc1=O. The van der Waals surface area contributed by atoms with E-state index in [9.17, 15) is 14.4 Å². The first-order chi connectivity index (χ1) is 14.9. The second-order valence-electron chi connectivity index (χ2n) is 6.90. The van der Waals surface area contributed by atoms with Gasteiger partial charge in [-0.3, -0.25) is 9.59 Å². The molecule has 2 aromatic carbocycles. The number of hydrogen-bond acceptors (Lipinski definition) is 7. The molecule has 3 aromatic rings. The minimum atomic E-state index is -0.501. The largest absolute Gasteiger partial charge is 0.497 e. The van der Waals surface area contributed by atoms with Crippen LogP contribution in [-0.2, 0) is 16.0 Å². The van der Waals surface area contributed by atoms with Crippen LogP contribution in [-0.4, -0.2) is 32.1 Å². The van der Waals surface area contributed by atoms with Crippen molar-refractivity contribution in [1.29, 1.82) is 0 Å². The lowest BCUT2D eigenvalue weighted by atomic mass is 10.0. The molecule has 1 heterocycles. The number of rotatable bonds is 9. The number of ketones is 1. The third-order valence-corrected chi connectivity index (χ3v) is 4.90. The second kappa shape index (κ2) is 9.93. The number of esters is 1. The summed E-state index contributed by atoms with van der Waals surface area (Å²) >= 11 is 0. The smallest absolute Gasteiger partial charge is 0.339 e. The molecule has 0 aliphatic heterocycles. The standard InChI is InChI=1S/C24H24O7/c1-4-29-23(26)11-10-20-15(2)19-9-8-18(13-22(19)31-24(20)27)30-14-21(25)16-6-5-7-17(12-16)28-3/h5-9,12-13H,4,10-11,14H2,1-3H3. The fourth-order valence-electron chi connectivity index (χ4n) is 3.24. The molecule has 7 heteroatoms. The fraction of sp³-hybridized carbons (Fsp3) is 0.292. The first-order valence-corrected chi connectivity index (χ1v) is 9.95. The van der Waals surface area contributed by atoms with Crippen LogP contribution in [0.5, 0.6) is 11.5 Å². The maximum absolute atomic E-state index is 12.4. The minimum absolute atomic E-state index is 0.110. The molecular formula is C24H24O7. The van der Waals surface area contributed by atoms with Crippen molar-refractivity contribution in [2.75, 3.05) is 20.3 Å². The number of ether oxygens (including phenoxy) is 3. The fourth-order valence-corrected chi connectivity index (χ4v) is 3.24. The predicted octanol–water partition coefficient (Wildman–Crippen LogP) is 3.87. The van der Waals surface area contributed by atoms with Crippen molar-refractivity contribution in [2.45, 2.75) is 26.7 Å². The number of carbonyl (C=O) groups excluding carboxylic acids is 2. The van der Waals surface area contributed by atoms with E-state index in [2.05, 4.69) is 0 Å². The van der Waals surface area contributed by atoms with Gasteiger partial charge in [0.05, 0.1) is 13.7 Å². The number of hydrogen-bond donors (Lipinski definition) is 0. The lowest BCUT2D eigenvalue weighted by Crippen LogP contribution is -2.14. The Labute approximate surface area is 179 Å². The van der Waals surface area contributed by atoms with Crippen LogP contribution in [0.25, 0.3) is 11.0 Å². The Hall–Kier alpha value is -3.61. The zero-order chi connectivity index (χ0) is 22.4. The lowest BCUT2D eigenvalue weighted by molar-refractivity contribution is -0.143. The van der Waals surface area contributed by atoms with Crippen molar-refractivity contribution in [3.05, 3.63) is 69.6 Å². The highest BCUT2D eigenvalue weighted by Crippen LogP contribution is 2.25. The van der Waals surface area contributed by atoms with E-state index in [-0.39, 0.29) is 31.2 Å². The third-order valence-electron chi connectivity index (χ3n) is 4.90. The second-order valence-corrected chi connectivity index (χ2v) is 6.90. The van der Waals surface area contributed by atoms with Gasteiger partial charge < -0.3 is 18.6 Å². The molecule has 0 aliphatic carbocycles. The van der Waals surface area contributed by atoms with E-state index < -0.39 is 5.63 Å². The zero-order valence-electron chi connectivity index (χ0n) is 17.7. The number of fused-ring (bicyclic) bond motifs is 1. The highest BCUT2D eigenvalue weighted by atomic mass is 16.5. The summed E-state index contributed by atoms with van der Waals surface area (Å²) in [4.78, 5) is 36.4. The van der Waals surface area contributed by atoms with E-state index in [4.69, 9.17) is 18.6 Å². The quantitative estimate of drug-likeness (QED) is 0.292. The van der Waals surface area contributed by atoms with Crippen LogP contribution in [0.2, 0.25) is 0 Å². The van der Waals surface area contributed by atoms with Gasteiger partial charge in [-0.25, -0.2) is 4.79 Å². The van der Waals surface area contributed by atoms with Gasteiger partial charge in [-0.1, -0.05) is 12.1 Å². The van der Waals surface area contributed by atoms with E-state index in [1.807, 2.05) is 6.92 Å². The monoisotopic (exact) mass is 424 g/mol. The molecule has 0 amide bonds. The van der Waals surface area contributed by atoms with E-state index in [1.54, 1.807) is 49.4 Å². The first kappa shape index (κ1) is 22.1. The molecule has 0 atom stereocenters. The Morgan fingerprint density at radius 1 is 1.06 bits per heavy atom. The van der Waals surface area contributed by atoms with Crippen LogP contribution in [0.4, 0.5) is 0 Å². The molecule has 0 spiro atoms. The summed E-state index contributed by atoms with van der Waals surface area (Å²) in [6.45, 7) is 3.68. The number of Topliss-reactive ketones (excluding diaryl/α,β-unsaturated/α-hetero) is 1. The molecule has 1 aromatic heterocycles.